The highest BCUT2D eigenvalue weighted by Crippen LogP contribution is 2.17. The first kappa shape index (κ1) is 17.5. The summed E-state index contributed by atoms with van der Waals surface area (Å²) in [7, 11) is 0. The van der Waals surface area contributed by atoms with Crippen LogP contribution < -0.4 is 10.2 Å². The molecule has 7 nitrogen and oxygen atoms in total. The number of anilines is 1. The van der Waals surface area contributed by atoms with Gasteiger partial charge >= 0.3 is 0 Å². The number of aryl methyl sites for hydroxylation is 1. The number of rotatable bonds is 5. The van der Waals surface area contributed by atoms with Gasteiger partial charge in [-0.1, -0.05) is 12.1 Å². The third kappa shape index (κ3) is 4.09. The predicted molar refractivity (Wildman–Crippen MR) is 105 cm³/mol. The van der Waals surface area contributed by atoms with Gasteiger partial charge in [0, 0.05) is 44.3 Å². The molecule has 140 valence electrons. The lowest BCUT2D eigenvalue weighted by molar-refractivity contribution is -0.122. The second-order valence-corrected chi connectivity index (χ2v) is 6.93. The summed E-state index contributed by atoms with van der Waals surface area (Å²) in [6.45, 7) is 6.68. The van der Waals surface area contributed by atoms with E-state index in [9.17, 15) is 4.79 Å². The minimum absolute atomic E-state index is 0.0445. The van der Waals surface area contributed by atoms with Crippen LogP contribution in [0.2, 0.25) is 0 Å². The van der Waals surface area contributed by atoms with Gasteiger partial charge in [0.15, 0.2) is 5.65 Å². The van der Waals surface area contributed by atoms with E-state index in [0.717, 1.165) is 37.5 Å². The monoisotopic (exact) mass is 364 g/mol. The number of hydrogen-bond donors (Lipinski definition) is 1. The normalized spacial score (nSPS) is 15.2. The topological polar surface area (TPSA) is 65.8 Å². The highest BCUT2D eigenvalue weighted by atomic mass is 16.2. The summed E-state index contributed by atoms with van der Waals surface area (Å²) in [4.78, 5) is 25.3. The molecule has 1 N–H and O–H groups in total. The minimum atomic E-state index is 0.0445. The molecular formula is C20H24N6O. The van der Waals surface area contributed by atoms with Crippen molar-refractivity contribution in [2.45, 2.75) is 13.5 Å². The Hall–Kier alpha value is -2.93. The molecule has 0 atom stereocenters. The second-order valence-electron chi connectivity index (χ2n) is 6.93. The van der Waals surface area contributed by atoms with Crippen molar-refractivity contribution in [1.29, 1.82) is 0 Å². The minimum Gasteiger partial charge on any atom is -0.369 e. The third-order valence-corrected chi connectivity index (χ3v) is 4.97. The summed E-state index contributed by atoms with van der Waals surface area (Å²) >= 11 is 0. The first-order chi connectivity index (χ1) is 13.2. The van der Waals surface area contributed by atoms with Gasteiger partial charge in [0.2, 0.25) is 5.91 Å². The fourth-order valence-electron chi connectivity index (χ4n) is 3.46. The van der Waals surface area contributed by atoms with Crippen LogP contribution in [0.3, 0.4) is 0 Å². The maximum Gasteiger partial charge on any atom is 0.234 e. The zero-order valence-corrected chi connectivity index (χ0v) is 15.5. The summed E-state index contributed by atoms with van der Waals surface area (Å²) in [5, 5.41) is 3.00. The first-order valence-electron chi connectivity index (χ1n) is 9.26. The molecule has 0 bridgehead atoms. The van der Waals surface area contributed by atoms with Crippen molar-refractivity contribution in [3.8, 4) is 0 Å². The molecule has 4 rings (SSSR count). The van der Waals surface area contributed by atoms with Gasteiger partial charge in [-0.3, -0.25) is 19.1 Å². The predicted octanol–water partition coefficient (Wildman–Crippen LogP) is 1.48. The maximum absolute atomic E-state index is 12.3. The molecule has 1 aromatic carbocycles. The van der Waals surface area contributed by atoms with E-state index >= 15 is 0 Å². The fourth-order valence-corrected chi connectivity index (χ4v) is 3.46. The Morgan fingerprint density at radius 3 is 2.85 bits per heavy atom. The van der Waals surface area contributed by atoms with E-state index in [1.54, 1.807) is 18.6 Å². The summed E-state index contributed by atoms with van der Waals surface area (Å²) in [5.74, 6) is 0.0445. The van der Waals surface area contributed by atoms with Gasteiger partial charge < -0.3 is 10.2 Å². The van der Waals surface area contributed by atoms with Crippen molar-refractivity contribution < 1.29 is 4.79 Å². The van der Waals surface area contributed by atoms with Crippen LogP contribution in [-0.2, 0) is 11.3 Å². The van der Waals surface area contributed by atoms with Crippen molar-refractivity contribution in [1.82, 2.24) is 24.6 Å². The molecule has 0 radical (unpaired) electrons. The molecule has 0 unspecified atom stereocenters. The molecule has 0 aliphatic carbocycles. The number of piperazine rings is 1. The highest BCUT2D eigenvalue weighted by molar-refractivity contribution is 5.78. The number of carbonyl (C=O) groups excluding carboxylic acids is 1. The number of imidazole rings is 1. The second kappa shape index (κ2) is 7.75. The van der Waals surface area contributed by atoms with Crippen LogP contribution in [0.1, 0.15) is 11.3 Å². The van der Waals surface area contributed by atoms with Crippen molar-refractivity contribution in [2.24, 2.45) is 0 Å². The van der Waals surface area contributed by atoms with Gasteiger partial charge in [-0.05, 0) is 24.6 Å². The Labute approximate surface area is 158 Å². The van der Waals surface area contributed by atoms with Gasteiger partial charge in [0.1, 0.15) is 0 Å². The zero-order chi connectivity index (χ0) is 18.6. The standard InChI is InChI=1S/C20H24N6O/c1-16-3-2-4-17(11-16)25-9-7-24(8-10-25)15-20(27)23-13-18-12-22-19-14-21-5-6-26(18)19/h2-6,11-12,14H,7-10,13,15H2,1H3,(H,23,27). The van der Waals surface area contributed by atoms with Gasteiger partial charge in [-0.15, -0.1) is 0 Å². The Morgan fingerprint density at radius 2 is 2.04 bits per heavy atom. The molecule has 1 amide bonds. The fraction of sp³-hybridized carbons (Fsp3) is 0.350. The lowest BCUT2D eigenvalue weighted by Crippen LogP contribution is -2.49. The van der Waals surface area contributed by atoms with Crippen LogP contribution in [0.25, 0.3) is 5.65 Å². The largest absolute Gasteiger partial charge is 0.369 e. The number of amides is 1. The number of benzene rings is 1. The van der Waals surface area contributed by atoms with Crippen molar-refractivity contribution in [3.63, 3.8) is 0 Å². The van der Waals surface area contributed by atoms with Crippen LogP contribution in [0.5, 0.6) is 0 Å². The number of hydrogen-bond acceptors (Lipinski definition) is 5. The first-order valence-corrected chi connectivity index (χ1v) is 9.26. The van der Waals surface area contributed by atoms with Crippen LogP contribution in [0.4, 0.5) is 5.69 Å². The Bertz CT molecular complexity index is 929. The zero-order valence-electron chi connectivity index (χ0n) is 15.5. The van der Waals surface area contributed by atoms with Crippen molar-refractivity contribution >= 4 is 17.2 Å². The van der Waals surface area contributed by atoms with E-state index in [4.69, 9.17) is 0 Å². The average Bonchev–Trinajstić information content (AvgIpc) is 3.10. The number of nitrogens with zero attached hydrogens (tertiary/aromatic N) is 5. The Morgan fingerprint density at radius 1 is 1.19 bits per heavy atom. The van der Waals surface area contributed by atoms with Gasteiger partial charge in [0.25, 0.3) is 0 Å². The molecule has 0 spiro atoms. The molecule has 1 saturated heterocycles. The summed E-state index contributed by atoms with van der Waals surface area (Å²) < 4.78 is 1.94. The number of nitrogens with one attached hydrogen (secondary N) is 1. The molecule has 27 heavy (non-hydrogen) atoms. The number of fused-ring (bicyclic) bond motifs is 1. The lowest BCUT2D eigenvalue weighted by atomic mass is 10.2. The van der Waals surface area contributed by atoms with Crippen molar-refractivity contribution in [3.05, 3.63) is 60.3 Å². The summed E-state index contributed by atoms with van der Waals surface area (Å²) in [6, 6.07) is 8.58. The van der Waals surface area contributed by atoms with E-state index in [1.165, 1.54) is 11.3 Å². The quantitative estimate of drug-likeness (QED) is 0.743. The van der Waals surface area contributed by atoms with Crippen molar-refractivity contribution in [2.75, 3.05) is 37.6 Å². The SMILES string of the molecule is Cc1cccc(N2CCN(CC(=O)NCc3cnc4cnccn34)CC2)c1. The highest BCUT2D eigenvalue weighted by Gasteiger charge is 2.19. The Balaban J connectivity index is 1.26. The molecule has 2 aromatic heterocycles. The van der Waals surface area contributed by atoms with Crippen LogP contribution in [-0.4, -0.2) is 57.9 Å². The van der Waals surface area contributed by atoms with Crippen LogP contribution in [0, 0.1) is 6.92 Å². The van der Waals surface area contributed by atoms with E-state index < -0.39 is 0 Å². The van der Waals surface area contributed by atoms with Crippen LogP contribution >= 0.6 is 0 Å². The van der Waals surface area contributed by atoms with Crippen LogP contribution in [0.15, 0.2) is 49.1 Å². The Kier molecular flexibility index (Phi) is 5.02. The van der Waals surface area contributed by atoms with E-state index in [1.807, 2.05) is 10.6 Å². The van der Waals surface area contributed by atoms with E-state index in [-0.39, 0.29) is 5.91 Å². The average molecular weight is 364 g/mol. The maximum atomic E-state index is 12.3. The van der Waals surface area contributed by atoms with E-state index in [0.29, 0.717) is 13.1 Å². The molecule has 1 aliphatic heterocycles. The van der Waals surface area contributed by atoms with E-state index in [2.05, 4.69) is 56.3 Å². The van der Waals surface area contributed by atoms with Gasteiger partial charge in [-0.25, -0.2) is 4.98 Å². The van der Waals surface area contributed by atoms with Gasteiger partial charge in [-0.2, -0.15) is 0 Å². The number of carbonyl (C=O) groups is 1. The molecule has 7 heteroatoms. The summed E-state index contributed by atoms with van der Waals surface area (Å²) in [5.41, 5.74) is 4.28. The molecular weight excluding hydrogens is 340 g/mol. The molecule has 3 heterocycles. The number of aromatic nitrogens is 3. The third-order valence-electron chi connectivity index (χ3n) is 4.97. The van der Waals surface area contributed by atoms with Gasteiger partial charge in [0.05, 0.1) is 31.2 Å². The lowest BCUT2D eigenvalue weighted by Gasteiger charge is -2.35. The molecule has 0 saturated carbocycles. The smallest absolute Gasteiger partial charge is 0.234 e. The molecule has 3 aromatic rings. The molecule has 1 aliphatic rings. The molecule has 1 fully saturated rings. The summed E-state index contributed by atoms with van der Waals surface area (Å²) in [6.07, 6.45) is 7.05.